The van der Waals surface area contributed by atoms with Crippen LogP contribution in [0.25, 0.3) is 0 Å². The van der Waals surface area contributed by atoms with Crippen molar-refractivity contribution in [2.75, 3.05) is 51.9 Å². The van der Waals surface area contributed by atoms with Crippen LogP contribution in [0.15, 0.2) is 66.7 Å². The quantitative estimate of drug-likeness (QED) is 0.0918. The van der Waals surface area contributed by atoms with E-state index in [1.165, 1.54) is 10.5 Å². The van der Waals surface area contributed by atoms with Gasteiger partial charge in [0.25, 0.3) is 0 Å². The van der Waals surface area contributed by atoms with Gasteiger partial charge in [0.1, 0.15) is 11.5 Å². The molecule has 0 aromatic heterocycles. The fourth-order valence-electron chi connectivity index (χ4n) is 9.05. The van der Waals surface area contributed by atoms with E-state index >= 15 is 0 Å². The number of nitrogens with one attached hydrogen (secondary N) is 1. The molecule has 0 radical (unpaired) electrons. The first-order valence-electron chi connectivity index (χ1n) is 20.3. The highest BCUT2D eigenvalue weighted by atomic mass is 28.4. The van der Waals surface area contributed by atoms with Gasteiger partial charge in [-0.2, -0.15) is 0 Å². The number of likely N-dealkylation sites (tertiary alicyclic amines) is 1. The van der Waals surface area contributed by atoms with Crippen LogP contribution in [-0.2, 0) is 25.9 Å². The molecule has 2 aliphatic rings. The van der Waals surface area contributed by atoms with Crippen LogP contribution in [0.1, 0.15) is 109 Å². The Morgan fingerprint density at radius 3 is 2.33 bits per heavy atom. The number of nitrogens with zero attached hydrogens (tertiary/aromatic N) is 1. The lowest BCUT2D eigenvalue weighted by molar-refractivity contribution is -0.0641. The largest absolute Gasteiger partial charge is 0.496 e. The summed E-state index contributed by atoms with van der Waals surface area (Å²) in [4.78, 5) is 13.8. The van der Waals surface area contributed by atoms with Crippen LogP contribution in [-0.4, -0.2) is 77.1 Å². The summed E-state index contributed by atoms with van der Waals surface area (Å²) in [5.74, 6) is 1.65. The van der Waals surface area contributed by atoms with E-state index in [0.29, 0.717) is 69.0 Å². The number of amides is 1. The number of methoxy groups -OCH3 is 1. The summed E-state index contributed by atoms with van der Waals surface area (Å²) in [6.07, 6.45) is 0.622. The van der Waals surface area contributed by atoms with Crippen molar-refractivity contribution in [3.63, 3.8) is 0 Å². The van der Waals surface area contributed by atoms with E-state index in [1.54, 1.807) is 7.11 Å². The van der Waals surface area contributed by atoms with Crippen molar-refractivity contribution in [3.05, 3.63) is 89.0 Å². The van der Waals surface area contributed by atoms with Gasteiger partial charge in [-0.3, -0.25) is 0 Å². The molecule has 0 saturated carbocycles. The summed E-state index contributed by atoms with van der Waals surface area (Å²) < 4.78 is 31.6. The second-order valence-corrected chi connectivity index (χ2v) is 22.4. The minimum atomic E-state index is -2.09. The average Bonchev–Trinajstić information content (AvgIpc) is 3.47. The second-order valence-electron chi connectivity index (χ2n) is 16.9. The van der Waals surface area contributed by atoms with Gasteiger partial charge in [-0.15, -0.1) is 0 Å². The van der Waals surface area contributed by atoms with Gasteiger partial charge in [-0.05, 0) is 70.4 Å². The SMILES string of the molecule is COc1ccccc1COCCCOc1ccc(C2CCN(C(=O)O)CC2OC(CCO[Si](C(C)C)(C(C)C)C(C)C)c2ccc3c(c2)NCC3(C)C)cc1. The highest BCUT2D eigenvalue weighted by Crippen LogP contribution is 2.44. The van der Waals surface area contributed by atoms with E-state index in [9.17, 15) is 9.90 Å². The summed E-state index contributed by atoms with van der Waals surface area (Å²) in [7, 11) is -0.422. The number of rotatable bonds is 19. The van der Waals surface area contributed by atoms with Crippen molar-refractivity contribution < 1.29 is 33.3 Å². The average molecular weight is 775 g/mol. The third kappa shape index (κ3) is 10.2. The maximum Gasteiger partial charge on any atom is 0.407 e. The van der Waals surface area contributed by atoms with Crippen molar-refractivity contribution in [1.29, 1.82) is 0 Å². The second kappa shape index (κ2) is 19.0. The third-order valence-electron chi connectivity index (χ3n) is 11.9. The van der Waals surface area contributed by atoms with E-state index in [2.05, 4.69) is 91.0 Å². The van der Waals surface area contributed by atoms with Crippen molar-refractivity contribution in [2.45, 2.75) is 121 Å². The van der Waals surface area contributed by atoms with Gasteiger partial charge in [0.05, 0.1) is 45.7 Å². The van der Waals surface area contributed by atoms with Crippen molar-refractivity contribution >= 4 is 20.1 Å². The first-order chi connectivity index (χ1) is 26.3. The summed E-state index contributed by atoms with van der Waals surface area (Å²) in [6.45, 7) is 22.3. The number of carboxylic acid groups (broad SMARTS) is 1. The normalized spacial score (nSPS) is 18.7. The Bertz CT molecular complexity index is 1660. The number of hydrogen-bond acceptors (Lipinski definition) is 7. The molecule has 1 amide bonds. The first-order valence-corrected chi connectivity index (χ1v) is 22.5. The van der Waals surface area contributed by atoms with E-state index < -0.39 is 14.4 Å². The molecule has 0 spiro atoms. The lowest BCUT2D eigenvalue weighted by atomic mass is 9.85. The highest BCUT2D eigenvalue weighted by molar-refractivity contribution is 6.77. The summed E-state index contributed by atoms with van der Waals surface area (Å²) in [5, 5.41) is 13.7. The van der Waals surface area contributed by atoms with Crippen LogP contribution >= 0.6 is 0 Å². The first kappa shape index (κ1) is 42.6. The number of carbonyl (C=O) groups is 1. The molecule has 3 aromatic rings. The zero-order valence-electron chi connectivity index (χ0n) is 34.7. The molecule has 9 nitrogen and oxygen atoms in total. The maximum absolute atomic E-state index is 12.3. The van der Waals surface area contributed by atoms with Crippen LogP contribution in [0.4, 0.5) is 10.5 Å². The van der Waals surface area contributed by atoms with E-state index in [1.807, 2.05) is 36.4 Å². The molecule has 3 unspecified atom stereocenters. The summed E-state index contributed by atoms with van der Waals surface area (Å²) in [5.41, 5.74) is 7.21. The molecular weight excluding hydrogens is 709 g/mol. The molecule has 302 valence electrons. The van der Waals surface area contributed by atoms with Gasteiger partial charge in [0, 0.05) is 48.7 Å². The third-order valence-corrected chi connectivity index (χ3v) is 18.1. The van der Waals surface area contributed by atoms with Gasteiger partial charge < -0.3 is 38.7 Å². The van der Waals surface area contributed by atoms with Crippen LogP contribution < -0.4 is 14.8 Å². The molecule has 3 atom stereocenters. The van der Waals surface area contributed by atoms with Crippen LogP contribution in [0.3, 0.4) is 0 Å². The number of fused-ring (bicyclic) bond motifs is 1. The molecule has 0 bridgehead atoms. The Labute approximate surface area is 331 Å². The number of benzene rings is 3. The van der Waals surface area contributed by atoms with Gasteiger partial charge in [-0.1, -0.05) is 97.9 Å². The van der Waals surface area contributed by atoms with Crippen LogP contribution in [0.5, 0.6) is 11.5 Å². The molecule has 1 saturated heterocycles. The summed E-state index contributed by atoms with van der Waals surface area (Å²) in [6, 6.07) is 22.8. The van der Waals surface area contributed by atoms with E-state index in [-0.39, 0.29) is 23.5 Å². The fourth-order valence-corrected chi connectivity index (χ4v) is 14.5. The molecule has 0 aliphatic carbocycles. The Hall–Kier alpha value is -3.57. The summed E-state index contributed by atoms with van der Waals surface area (Å²) >= 11 is 0. The molecule has 1 fully saturated rings. The molecule has 10 heteroatoms. The molecule has 3 aromatic carbocycles. The zero-order chi connectivity index (χ0) is 39.8. The molecule has 2 aliphatic heterocycles. The van der Waals surface area contributed by atoms with Gasteiger partial charge >= 0.3 is 6.09 Å². The van der Waals surface area contributed by atoms with Gasteiger partial charge in [0.15, 0.2) is 8.32 Å². The minimum absolute atomic E-state index is 0.0263. The Morgan fingerprint density at radius 2 is 1.65 bits per heavy atom. The molecule has 55 heavy (non-hydrogen) atoms. The van der Waals surface area contributed by atoms with E-state index in [4.69, 9.17) is 23.4 Å². The maximum atomic E-state index is 12.3. The lowest BCUT2D eigenvalue weighted by Crippen LogP contribution is -2.48. The van der Waals surface area contributed by atoms with Crippen LogP contribution in [0, 0.1) is 0 Å². The predicted octanol–water partition coefficient (Wildman–Crippen LogP) is 10.6. The number of anilines is 1. The molecule has 2 N–H and O–H groups in total. The molecule has 5 rings (SSSR count). The minimum Gasteiger partial charge on any atom is -0.496 e. The lowest BCUT2D eigenvalue weighted by Gasteiger charge is -2.43. The van der Waals surface area contributed by atoms with Gasteiger partial charge in [-0.25, -0.2) is 4.79 Å². The number of piperidine rings is 1. The van der Waals surface area contributed by atoms with Crippen molar-refractivity contribution in [1.82, 2.24) is 4.90 Å². The smallest absolute Gasteiger partial charge is 0.407 e. The topological polar surface area (TPSA) is 98.7 Å². The molecule has 2 heterocycles. The highest BCUT2D eigenvalue weighted by Gasteiger charge is 2.45. The standard InChI is InChI=1S/C45H66N2O7Si/c1-31(2)55(32(3)4,33(5)6)53-26-22-42(35-17-20-39-40(27-35)46-30-45(39,7)8)54-43-28-47(44(48)49)23-21-38(43)34-15-18-37(19-16-34)52-25-12-24-51-29-36-13-10-11-14-41(36)50-9/h10-11,13-20,27,31-33,38,42-43,46H,12,21-26,28-30H2,1-9H3,(H,48,49). The number of para-hydroxylation sites is 1. The van der Waals surface area contributed by atoms with E-state index in [0.717, 1.165) is 46.8 Å². The monoisotopic (exact) mass is 774 g/mol. The predicted molar refractivity (Wildman–Crippen MR) is 223 cm³/mol. The Kier molecular flexibility index (Phi) is 14.7. The van der Waals surface area contributed by atoms with Crippen molar-refractivity contribution in [2.24, 2.45) is 0 Å². The van der Waals surface area contributed by atoms with Crippen molar-refractivity contribution in [3.8, 4) is 11.5 Å². The zero-order valence-corrected chi connectivity index (χ0v) is 35.7. The fraction of sp³-hybridized carbons (Fsp3) is 0.578. The Morgan fingerprint density at radius 1 is 0.945 bits per heavy atom. The Balaban J connectivity index is 1.29. The van der Waals surface area contributed by atoms with Crippen LogP contribution in [0.2, 0.25) is 16.6 Å². The number of ether oxygens (including phenoxy) is 4. The molecular formula is C45H66N2O7Si. The van der Waals surface area contributed by atoms with Gasteiger partial charge in [0.2, 0.25) is 0 Å². The number of hydrogen-bond donors (Lipinski definition) is 2.